The monoisotopic (exact) mass is 176 g/mol. The van der Waals surface area contributed by atoms with Gasteiger partial charge in [0.25, 0.3) is 0 Å². The predicted molar refractivity (Wildman–Crippen MR) is 47.9 cm³/mol. The first-order valence-electron chi connectivity index (χ1n) is 4.48. The molecular weight excluding hydrogens is 164 g/mol. The Bertz CT molecular complexity index is 341. The van der Waals surface area contributed by atoms with E-state index in [4.69, 9.17) is 5.26 Å². The zero-order valence-corrected chi connectivity index (χ0v) is 7.62. The molecule has 1 atom stereocenters. The molecule has 4 heteroatoms. The van der Waals surface area contributed by atoms with Crippen LogP contribution in [0.4, 0.5) is 0 Å². The number of aryl methyl sites for hydroxylation is 1. The van der Waals surface area contributed by atoms with E-state index in [9.17, 15) is 0 Å². The van der Waals surface area contributed by atoms with Crippen LogP contribution in [0.1, 0.15) is 30.3 Å². The van der Waals surface area contributed by atoms with Gasteiger partial charge in [-0.1, -0.05) is 0 Å². The Morgan fingerprint density at radius 2 is 2.62 bits per heavy atom. The fraction of sp³-hybridized carbons (Fsp3) is 0.556. The van der Waals surface area contributed by atoms with Crippen molar-refractivity contribution in [2.24, 2.45) is 7.05 Å². The van der Waals surface area contributed by atoms with Crippen LogP contribution in [0.3, 0.4) is 0 Å². The highest BCUT2D eigenvalue weighted by atomic mass is 15.3. The average molecular weight is 176 g/mol. The first-order chi connectivity index (χ1) is 6.31. The van der Waals surface area contributed by atoms with Gasteiger partial charge in [0.2, 0.25) is 0 Å². The normalized spacial score (nSPS) is 21.7. The summed E-state index contributed by atoms with van der Waals surface area (Å²) in [6.45, 7) is 1.06. The highest BCUT2D eigenvalue weighted by molar-refractivity contribution is 5.25. The fourth-order valence-electron chi connectivity index (χ4n) is 1.70. The van der Waals surface area contributed by atoms with Gasteiger partial charge in [-0.25, -0.2) is 0 Å². The first kappa shape index (κ1) is 8.27. The van der Waals surface area contributed by atoms with Crippen molar-refractivity contribution in [2.45, 2.75) is 18.9 Å². The molecule has 0 saturated carbocycles. The van der Waals surface area contributed by atoms with Gasteiger partial charge in [0.1, 0.15) is 11.8 Å². The van der Waals surface area contributed by atoms with Crippen LogP contribution < -0.4 is 5.32 Å². The van der Waals surface area contributed by atoms with Crippen molar-refractivity contribution in [1.29, 1.82) is 5.26 Å². The second-order valence-corrected chi connectivity index (χ2v) is 3.34. The smallest absolute Gasteiger partial charge is 0.138 e. The molecular formula is C9H12N4. The van der Waals surface area contributed by atoms with Crippen LogP contribution >= 0.6 is 0 Å². The third-order valence-corrected chi connectivity index (χ3v) is 2.43. The summed E-state index contributed by atoms with van der Waals surface area (Å²) in [5.41, 5.74) is 1.63. The molecule has 0 radical (unpaired) electrons. The number of rotatable bonds is 1. The van der Waals surface area contributed by atoms with E-state index >= 15 is 0 Å². The number of nitrogens with zero attached hydrogens (tertiary/aromatic N) is 3. The maximum atomic E-state index is 8.74. The van der Waals surface area contributed by atoms with Gasteiger partial charge in [-0.05, 0) is 25.5 Å². The van der Waals surface area contributed by atoms with Crippen LogP contribution in [-0.4, -0.2) is 16.3 Å². The minimum absolute atomic E-state index is 0.355. The Morgan fingerprint density at radius 1 is 1.77 bits per heavy atom. The lowest BCUT2D eigenvalue weighted by atomic mass is 10.1. The molecule has 1 N–H and O–H groups in total. The van der Waals surface area contributed by atoms with Crippen molar-refractivity contribution >= 4 is 0 Å². The lowest BCUT2D eigenvalue weighted by Gasteiger charge is -2.04. The van der Waals surface area contributed by atoms with Crippen molar-refractivity contribution in [3.05, 3.63) is 17.5 Å². The van der Waals surface area contributed by atoms with Crippen molar-refractivity contribution in [2.75, 3.05) is 6.54 Å². The highest BCUT2D eigenvalue weighted by Gasteiger charge is 2.19. The number of nitriles is 1. The molecule has 1 aliphatic heterocycles. The Balaban J connectivity index is 2.26. The quantitative estimate of drug-likeness (QED) is 0.685. The molecule has 4 nitrogen and oxygen atoms in total. The van der Waals surface area contributed by atoms with E-state index in [1.807, 2.05) is 6.07 Å². The zero-order chi connectivity index (χ0) is 9.26. The Hall–Kier alpha value is -1.34. The average Bonchev–Trinajstić information content (AvgIpc) is 2.71. The number of hydrogen-bond acceptors (Lipinski definition) is 3. The van der Waals surface area contributed by atoms with E-state index < -0.39 is 0 Å². The van der Waals surface area contributed by atoms with Crippen LogP contribution in [0, 0.1) is 11.3 Å². The van der Waals surface area contributed by atoms with Gasteiger partial charge >= 0.3 is 0 Å². The molecule has 68 valence electrons. The van der Waals surface area contributed by atoms with Crippen molar-refractivity contribution < 1.29 is 0 Å². The second-order valence-electron chi connectivity index (χ2n) is 3.34. The summed E-state index contributed by atoms with van der Waals surface area (Å²) in [7, 11) is 1.80. The van der Waals surface area contributed by atoms with Gasteiger partial charge < -0.3 is 5.32 Å². The van der Waals surface area contributed by atoms with Gasteiger partial charge in [-0.3, -0.25) is 4.68 Å². The number of nitrogens with one attached hydrogen (secondary N) is 1. The van der Waals surface area contributed by atoms with Crippen LogP contribution in [0.5, 0.6) is 0 Å². The number of aromatic nitrogens is 2. The van der Waals surface area contributed by atoms with E-state index in [0.29, 0.717) is 11.7 Å². The molecule has 0 bridgehead atoms. The SMILES string of the molecule is Cn1nc(C2CCCN2)cc1C#N. The molecule has 2 heterocycles. The standard InChI is InChI=1S/C9H12N4/c1-13-7(6-10)5-9(12-13)8-3-2-4-11-8/h5,8,11H,2-4H2,1H3. The molecule has 1 aromatic rings. The fourth-order valence-corrected chi connectivity index (χ4v) is 1.70. The highest BCUT2D eigenvalue weighted by Crippen LogP contribution is 2.21. The molecule has 13 heavy (non-hydrogen) atoms. The zero-order valence-electron chi connectivity index (χ0n) is 7.62. The van der Waals surface area contributed by atoms with Crippen molar-refractivity contribution in [3.8, 4) is 6.07 Å². The van der Waals surface area contributed by atoms with E-state index in [1.54, 1.807) is 11.7 Å². The van der Waals surface area contributed by atoms with E-state index in [1.165, 1.54) is 6.42 Å². The minimum atomic E-state index is 0.355. The van der Waals surface area contributed by atoms with Gasteiger partial charge in [0.15, 0.2) is 0 Å². The summed E-state index contributed by atoms with van der Waals surface area (Å²) in [6.07, 6.45) is 2.32. The summed E-state index contributed by atoms with van der Waals surface area (Å²) >= 11 is 0. The third kappa shape index (κ3) is 1.43. The van der Waals surface area contributed by atoms with Crippen LogP contribution in [0.2, 0.25) is 0 Å². The minimum Gasteiger partial charge on any atom is -0.309 e. The van der Waals surface area contributed by atoms with Crippen LogP contribution in [0.15, 0.2) is 6.07 Å². The summed E-state index contributed by atoms with van der Waals surface area (Å²) in [4.78, 5) is 0. The van der Waals surface area contributed by atoms with Gasteiger partial charge in [-0.2, -0.15) is 10.4 Å². The molecule has 1 saturated heterocycles. The topological polar surface area (TPSA) is 53.6 Å². The van der Waals surface area contributed by atoms with E-state index in [0.717, 1.165) is 18.7 Å². The van der Waals surface area contributed by atoms with Gasteiger partial charge in [-0.15, -0.1) is 0 Å². The molecule has 1 aliphatic rings. The maximum absolute atomic E-state index is 8.74. The third-order valence-electron chi connectivity index (χ3n) is 2.43. The Labute approximate surface area is 77.2 Å². The molecule has 1 fully saturated rings. The van der Waals surface area contributed by atoms with E-state index in [-0.39, 0.29) is 0 Å². The summed E-state index contributed by atoms with van der Waals surface area (Å²) in [5, 5.41) is 16.4. The molecule has 1 unspecified atom stereocenters. The summed E-state index contributed by atoms with van der Waals surface area (Å²) < 4.78 is 1.63. The molecule has 0 amide bonds. The van der Waals surface area contributed by atoms with Gasteiger partial charge in [0.05, 0.1) is 11.7 Å². The van der Waals surface area contributed by atoms with Crippen LogP contribution in [0.25, 0.3) is 0 Å². The van der Waals surface area contributed by atoms with Crippen molar-refractivity contribution in [1.82, 2.24) is 15.1 Å². The summed E-state index contributed by atoms with van der Waals surface area (Å²) in [5.74, 6) is 0. The Morgan fingerprint density at radius 3 is 3.15 bits per heavy atom. The molecule has 0 spiro atoms. The lowest BCUT2D eigenvalue weighted by Crippen LogP contribution is -2.13. The van der Waals surface area contributed by atoms with E-state index in [2.05, 4.69) is 16.5 Å². The summed E-state index contributed by atoms with van der Waals surface area (Å²) in [6, 6.07) is 4.33. The lowest BCUT2D eigenvalue weighted by molar-refractivity contribution is 0.606. The van der Waals surface area contributed by atoms with Crippen LogP contribution in [-0.2, 0) is 7.05 Å². The molecule has 0 aliphatic carbocycles. The Kier molecular flexibility index (Phi) is 2.03. The van der Waals surface area contributed by atoms with Gasteiger partial charge in [0, 0.05) is 7.05 Å². The largest absolute Gasteiger partial charge is 0.309 e. The molecule has 2 rings (SSSR count). The number of hydrogen-bond donors (Lipinski definition) is 1. The van der Waals surface area contributed by atoms with Crippen molar-refractivity contribution in [3.63, 3.8) is 0 Å². The first-order valence-corrected chi connectivity index (χ1v) is 4.48. The maximum Gasteiger partial charge on any atom is 0.138 e. The molecule has 1 aromatic heterocycles. The predicted octanol–water partition coefficient (Wildman–Crippen LogP) is 0.716. The second kappa shape index (κ2) is 3.19. The molecule has 0 aromatic carbocycles.